The molecule has 0 saturated heterocycles. The minimum absolute atomic E-state index is 0.270. The molecule has 1 aliphatic carbocycles. The third kappa shape index (κ3) is 3.87. The normalized spacial score (nSPS) is 18.3. The Morgan fingerprint density at radius 1 is 0.905 bits per heavy atom. The molecule has 0 aromatic heterocycles. The van der Waals surface area contributed by atoms with Crippen molar-refractivity contribution in [2.45, 2.75) is 51.5 Å². The van der Waals surface area contributed by atoms with E-state index in [1.54, 1.807) is 0 Å². The molecule has 1 fully saturated rings. The Balaban J connectivity index is 2.12. The molecule has 2 nitrogen and oxygen atoms in total. The number of likely N-dealkylation sites (N-methyl/N-ethyl adjacent to an activating group) is 2. The SMILES string of the molecule is CCN(CC)CCN(C)C1(c2ccccc2)CCCCC1. The van der Waals surface area contributed by atoms with E-state index in [1.807, 2.05) is 0 Å². The summed E-state index contributed by atoms with van der Waals surface area (Å²) in [7, 11) is 2.34. The van der Waals surface area contributed by atoms with Crippen LogP contribution in [0.3, 0.4) is 0 Å². The molecule has 2 rings (SSSR count). The van der Waals surface area contributed by atoms with Crippen LogP contribution >= 0.6 is 0 Å². The van der Waals surface area contributed by atoms with Gasteiger partial charge in [0.1, 0.15) is 0 Å². The van der Waals surface area contributed by atoms with E-state index in [0.717, 1.165) is 19.6 Å². The summed E-state index contributed by atoms with van der Waals surface area (Å²) in [6, 6.07) is 11.2. The largest absolute Gasteiger partial charge is 0.303 e. The van der Waals surface area contributed by atoms with E-state index >= 15 is 0 Å². The molecule has 1 aliphatic rings. The number of hydrogen-bond acceptors (Lipinski definition) is 2. The highest BCUT2D eigenvalue weighted by Crippen LogP contribution is 2.41. The summed E-state index contributed by atoms with van der Waals surface area (Å²) in [5.74, 6) is 0. The predicted molar refractivity (Wildman–Crippen MR) is 91.6 cm³/mol. The zero-order valence-electron chi connectivity index (χ0n) is 14.1. The van der Waals surface area contributed by atoms with Crippen molar-refractivity contribution in [2.75, 3.05) is 33.2 Å². The molecule has 0 spiro atoms. The lowest BCUT2D eigenvalue weighted by Gasteiger charge is -2.46. The Hall–Kier alpha value is -0.860. The third-order valence-corrected chi connectivity index (χ3v) is 5.37. The molecule has 0 heterocycles. The highest BCUT2D eigenvalue weighted by molar-refractivity contribution is 5.25. The molecule has 0 unspecified atom stereocenters. The van der Waals surface area contributed by atoms with Gasteiger partial charge in [0.2, 0.25) is 0 Å². The van der Waals surface area contributed by atoms with Gasteiger partial charge in [-0.3, -0.25) is 4.90 Å². The molecule has 1 aromatic carbocycles. The first-order valence-electron chi connectivity index (χ1n) is 8.72. The molecule has 1 aromatic rings. The molecule has 0 atom stereocenters. The van der Waals surface area contributed by atoms with Gasteiger partial charge in [-0.2, -0.15) is 0 Å². The van der Waals surface area contributed by atoms with Crippen molar-refractivity contribution in [3.05, 3.63) is 35.9 Å². The molecular formula is C19H32N2. The van der Waals surface area contributed by atoms with Gasteiger partial charge in [-0.05, 0) is 38.5 Å². The smallest absolute Gasteiger partial charge is 0.0458 e. The Labute approximate surface area is 131 Å². The van der Waals surface area contributed by atoms with Crippen LogP contribution in [0, 0.1) is 0 Å². The van der Waals surface area contributed by atoms with E-state index < -0.39 is 0 Å². The topological polar surface area (TPSA) is 6.48 Å². The number of rotatable bonds is 7. The minimum atomic E-state index is 0.270. The van der Waals surface area contributed by atoms with Crippen molar-refractivity contribution in [3.8, 4) is 0 Å². The number of hydrogen-bond donors (Lipinski definition) is 0. The molecule has 118 valence electrons. The van der Waals surface area contributed by atoms with Gasteiger partial charge in [-0.25, -0.2) is 0 Å². The first-order valence-corrected chi connectivity index (χ1v) is 8.72. The third-order valence-electron chi connectivity index (χ3n) is 5.37. The van der Waals surface area contributed by atoms with Gasteiger partial charge in [0.15, 0.2) is 0 Å². The predicted octanol–water partition coefficient (Wildman–Crippen LogP) is 4.12. The zero-order valence-corrected chi connectivity index (χ0v) is 14.1. The van der Waals surface area contributed by atoms with Crippen molar-refractivity contribution in [1.29, 1.82) is 0 Å². The van der Waals surface area contributed by atoms with Crippen molar-refractivity contribution in [2.24, 2.45) is 0 Å². The maximum Gasteiger partial charge on any atom is 0.0458 e. The van der Waals surface area contributed by atoms with Crippen LogP contribution in [0.1, 0.15) is 51.5 Å². The van der Waals surface area contributed by atoms with E-state index in [-0.39, 0.29) is 5.54 Å². The Kier molecular flexibility index (Phi) is 6.25. The first kappa shape index (κ1) is 16.5. The Morgan fingerprint density at radius 2 is 1.52 bits per heavy atom. The van der Waals surface area contributed by atoms with Gasteiger partial charge in [0.05, 0.1) is 0 Å². The van der Waals surface area contributed by atoms with Crippen LogP contribution in [0.5, 0.6) is 0 Å². The first-order chi connectivity index (χ1) is 10.2. The maximum atomic E-state index is 2.64. The maximum absolute atomic E-state index is 2.64. The highest BCUT2D eigenvalue weighted by Gasteiger charge is 2.37. The quantitative estimate of drug-likeness (QED) is 0.744. The van der Waals surface area contributed by atoms with Gasteiger partial charge in [-0.15, -0.1) is 0 Å². The van der Waals surface area contributed by atoms with Crippen molar-refractivity contribution >= 4 is 0 Å². The van der Waals surface area contributed by atoms with E-state index in [9.17, 15) is 0 Å². The minimum Gasteiger partial charge on any atom is -0.303 e. The molecule has 21 heavy (non-hydrogen) atoms. The summed E-state index contributed by atoms with van der Waals surface area (Å²) in [6.45, 7) is 9.17. The van der Waals surface area contributed by atoms with E-state index in [4.69, 9.17) is 0 Å². The summed E-state index contributed by atoms with van der Waals surface area (Å²) in [4.78, 5) is 5.16. The summed E-state index contributed by atoms with van der Waals surface area (Å²) in [5.41, 5.74) is 1.79. The Morgan fingerprint density at radius 3 is 2.10 bits per heavy atom. The lowest BCUT2D eigenvalue weighted by molar-refractivity contribution is 0.0628. The van der Waals surface area contributed by atoms with Gasteiger partial charge >= 0.3 is 0 Å². The lowest BCUT2D eigenvalue weighted by Crippen LogP contribution is -2.48. The summed E-state index contributed by atoms with van der Waals surface area (Å²) >= 11 is 0. The second-order valence-electron chi connectivity index (χ2n) is 6.41. The van der Waals surface area contributed by atoms with Crippen LogP contribution in [-0.2, 0) is 5.54 Å². The van der Waals surface area contributed by atoms with Gasteiger partial charge in [0.25, 0.3) is 0 Å². The van der Waals surface area contributed by atoms with Gasteiger partial charge in [0, 0.05) is 18.6 Å². The second-order valence-corrected chi connectivity index (χ2v) is 6.41. The number of benzene rings is 1. The monoisotopic (exact) mass is 288 g/mol. The highest BCUT2D eigenvalue weighted by atomic mass is 15.2. The van der Waals surface area contributed by atoms with Gasteiger partial charge in [-0.1, -0.05) is 63.4 Å². The second kappa shape index (κ2) is 7.95. The zero-order chi connectivity index (χ0) is 15.1. The fraction of sp³-hybridized carbons (Fsp3) is 0.684. The molecule has 1 saturated carbocycles. The summed E-state index contributed by atoms with van der Waals surface area (Å²) in [6.07, 6.45) is 6.75. The van der Waals surface area contributed by atoms with Crippen LogP contribution in [-0.4, -0.2) is 43.0 Å². The molecule has 0 N–H and O–H groups in total. The van der Waals surface area contributed by atoms with Gasteiger partial charge < -0.3 is 4.90 Å². The van der Waals surface area contributed by atoms with Crippen LogP contribution in [0.15, 0.2) is 30.3 Å². The van der Waals surface area contributed by atoms with Crippen LogP contribution in [0.25, 0.3) is 0 Å². The molecule has 0 radical (unpaired) electrons. The fourth-order valence-corrected chi connectivity index (χ4v) is 3.82. The van der Waals surface area contributed by atoms with Crippen molar-refractivity contribution in [1.82, 2.24) is 9.80 Å². The van der Waals surface area contributed by atoms with Crippen LogP contribution in [0.2, 0.25) is 0 Å². The summed E-state index contributed by atoms with van der Waals surface area (Å²) < 4.78 is 0. The lowest BCUT2D eigenvalue weighted by atomic mass is 9.75. The van der Waals surface area contributed by atoms with E-state index in [2.05, 4.69) is 61.0 Å². The molecule has 0 aliphatic heterocycles. The van der Waals surface area contributed by atoms with Crippen molar-refractivity contribution < 1.29 is 0 Å². The van der Waals surface area contributed by atoms with Crippen LogP contribution < -0.4 is 0 Å². The van der Waals surface area contributed by atoms with Crippen LogP contribution in [0.4, 0.5) is 0 Å². The molecular weight excluding hydrogens is 256 g/mol. The standard InChI is InChI=1S/C19H32N2/c1-4-21(5-2)17-16-20(3)19(14-10-7-11-15-19)18-12-8-6-9-13-18/h6,8-9,12-13H,4-5,7,10-11,14-17H2,1-3H3. The summed E-state index contributed by atoms with van der Waals surface area (Å²) in [5, 5.41) is 0. The Bertz CT molecular complexity index is 391. The molecule has 0 bridgehead atoms. The average Bonchev–Trinajstić information content (AvgIpc) is 2.57. The number of nitrogens with zero attached hydrogens (tertiary/aromatic N) is 2. The van der Waals surface area contributed by atoms with E-state index in [0.29, 0.717) is 0 Å². The van der Waals surface area contributed by atoms with E-state index in [1.165, 1.54) is 44.2 Å². The molecule has 0 amide bonds. The average molecular weight is 288 g/mol. The fourth-order valence-electron chi connectivity index (χ4n) is 3.82. The molecule has 2 heteroatoms. The van der Waals surface area contributed by atoms with Crippen molar-refractivity contribution in [3.63, 3.8) is 0 Å².